The number of aryl methyl sites for hydroxylation is 1. The molecule has 2 rings (SSSR count). The topological polar surface area (TPSA) is 24.1 Å². The monoisotopic (exact) mass is 302 g/mol. The van der Waals surface area contributed by atoms with Crippen LogP contribution in [0.1, 0.15) is 30.9 Å². The van der Waals surface area contributed by atoms with E-state index in [1.807, 2.05) is 19.1 Å². The lowest BCUT2D eigenvalue weighted by Crippen LogP contribution is -2.14. The van der Waals surface area contributed by atoms with E-state index in [4.69, 9.17) is 11.6 Å². The van der Waals surface area contributed by atoms with Gasteiger partial charge in [0.1, 0.15) is 0 Å². The van der Waals surface area contributed by atoms with Crippen LogP contribution < -0.4 is 10.6 Å². The van der Waals surface area contributed by atoms with E-state index in [0.29, 0.717) is 5.92 Å². The highest BCUT2D eigenvalue weighted by Crippen LogP contribution is 2.23. The van der Waals surface area contributed by atoms with Gasteiger partial charge in [0.2, 0.25) is 0 Å². The summed E-state index contributed by atoms with van der Waals surface area (Å²) in [5, 5.41) is 7.68. The minimum Gasteiger partial charge on any atom is -0.383 e. The fourth-order valence-electron chi connectivity index (χ4n) is 2.27. The Bertz CT molecular complexity index is 594. The third-order valence-corrected chi connectivity index (χ3v) is 3.93. The minimum absolute atomic E-state index is 0.526. The summed E-state index contributed by atoms with van der Waals surface area (Å²) in [7, 11) is 0. The molecule has 2 aromatic rings. The van der Waals surface area contributed by atoms with Crippen molar-refractivity contribution in [3.63, 3.8) is 0 Å². The van der Waals surface area contributed by atoms with E-state index in [9.17, 15) is 0 Å². The van der Waals surface area contributed by atoms with Crippen LogP contribution in [0.4, 0.5) is 11.4 Å². The Morgan fingerprint density at radius 3 is 2.43 bits per heavy atom. The Labute approximate surface area is 132 Å². The highest BCUT2D eigenvalue weighted by atomic mass is 35.5. The van der Waals surface area contributed by atoms with Crippen LogP contribution >= 0.6 is 11.6 Å². The highest BCUT2D eigenvalue weighted by molar-refractivity contribution is 6.31. The standard InChI is InChI=1S/C18H23ClN2/c1-13(2)16-6-4-5-7-18(16)21-11-10-20-15-9-8-14(3)17(19)12-15/h4-9,12-13,20-21H,10-11H2,1-3H3. The Hall–Kier alpha value is -1.67. The maximum atomic E-state index is 6.12. The number of nitrogens with one attached hydrogen (secondary N) is 2. The molecule has 21 heavy (non-hydrogen) atoms. The van der Waals surface area contributed by atoms with E-state index in [1.54, 1.807) is 0 Å². The van der Waals surface area contributed by atoms with Crippen LogP contribution in [-0.2, 0) is 0 Å². The largest absolute Gasteiger partial charge is 0.383 e. The Morgan fingerprint density at radius 1 is 1.00 bits per heavy atom. The molecule has 112 valence electrons. The van der Waals surface area contributed by atoms with Crippen LogP contribution in [0, 0.1) is 6.92 Å². The van der Waals surface area contributed by atoms with Crippen molar-refractivity contribution in [2.24, 2.45) is 0 Å². The highest BCUT2D eigenvalue weighted by Gasteiger charge is 2.04. The molecule has 2 N–H and O–H groups in total. The molecular weight excluding hydrogens is 280 g/mol. The molecule has 0 aliphatic carbocycles. The molecule has 0 saturated carbocycles. The van der Waals surface area contributed by atoms with Crippen molar-refractivity contribution >= 4 is 23.0 Å². The number of rotatable bonds is 6. The molecule has 0 radical (unpaired) electrons. The van der Waals surface area contributed by atoms with Crippen LogP contribution in [0.5, 0.6) is 0 Å². The van der Waals surface area contributed by atoms with Gasteiger partial charge in [0.15, 0.2) is 0 Å². The lowest BCUT2D eigenvalue weighted by Gasteiger charge is -2.15. The normalized spacial score (nSPS) is 10.7. The van der Waals surface area contributed by atoms with E-state index in [-0.39, 0.29) is 0 Å². The Morgan fingerprint density at radius 2 is 1.71 bits per heavy atom. The molecule has 3 heteroatoms. The zero-order valence-electron chi connectivity index (χ0n) is 12.9. The molecule has 0 aliphatic rings. The zero-order chi connectivity index (χ0) is 15.2. The third kappa shape index (κ3) is 4.40. The quantitative estimate of drug-likeness (QED) is 0.708. The van der Waals surface area contributed by atoms with E-state index in [1.165, 1.54) is 11.3 Å². The van der Waals surface area contributed by atoms with Gasteiger partial charge >= 0.3 is 0 Å². The van der Waals surface area contributed by atoms with Gasteiger partial charge in [-0.25, -0.2) is 0 Å². The fraction of sp³-hybridized carbons (Fsp3) is 0.333. The lowest BCUT2D eigenvalue weighted by molar-refractivity contribution is 0.865. The molecule has 0 aliphatic heterocycles. The molecule has 0 aromatic heterocycles. The van der Waals surface area contributed by atoms with Gasteiger partial charge in [-0.2, -0.15) is 0 Å². The fourth-order valence-corrected chi connectivity index (χ4v) is 2.45. The van der Waals surface area contributed by atoms with Crippen molar-refractivity contribution in [3.8, 4) is 0 Å². The number of benzene rings is 2. The zero-order valence-corrected chi connectivity index (χ0v) is 13.7. The van der Waals surface area contributed by atoms with Gasteiger partial charge in [-0.15, -0.1) is 0 Å². The van der Waals surface area contributed by atoms with Crippen molar-refractivity contribution in [3.05, 3.63) is 58.6 Å². The first kappa shape index (κ1) is 15.7. The molecule has 0 fully saturated rings. The number of hydrogen-bond acceptors (Lipinski definition) is 2. The Balaban J connectivity index is 1.86. The van der Waals surface area contributed by atoms with E-state index >= 15 is 0 Å². The van der Waals surface area contributed by atoms with Gasteiger partial charge in [-0.1, -0.05) is 49.7 Å². The maximum Gasteiger partial charge on any atom is 0.0455 e. The first-order chi connectivity index (χ1) is 10.1. The summed E-state index contributed by atoms with van der Waals surface area (Å²) in [5.74, 6) is 0.526. The van der Waals surface area contributed by atoms with E-state index in [0.717, 1.165) is 29.4 Å². The lowest BCUT2D eigenvalue weighted by atomic mass is 10.0. The molecule has 2 aromatic carbocycles. The third-order valence-electron chi connectivity index (χ3n) is 3.52. The molecule has 0 heterocycles. The van der Waals surface area contributed by atoms with Crippen LogP contribution in [0.25, 0.3) is 0 Å². The molecule has 0 unspecified atom stereocenters. The number of hydrogen-bond donors (Lipinski definition) is 2. The first-order valence-corrected chi connectivity index (χ1v) is 7.78. The van der Waals surface area contributed by atoms with Crippen molar-refractivity contribution in [1.29, 1.82) is 0 Å². The summed E-state index contributed by atoms with van der Waals surface area (Å²) in [4.78, 5) is 0. The summed E-state index contributed by atoms with van der Waals surface area (Å²) < 4.78 is 0. The van der Waals surface area contributed by atoms with Crippen LogP contribution in [0.15, 0.2) is 42.5 Å². The molecule has 0 spiro atoms. The van der Waals surface area contributed by atoms with E-state index < -0.39 is 0 Å². The van der Waals surface area contributed by atoms with Gasteiger partial charge in [0.05, 0.1) is 0 Å². The number of anilines is 2. The summed E-state index contributed by atoms with van der Waals surface area (Å²) in [6, 6.07) is 14.5. The average Bonchev–Trinajstić information content (AvgIpc) is 2.47. The summed E-state index contributed by atoms with van der Waals surface area (Å²) in [6.45, 7) is 8.16. The van der Waals surface area contributed by atoms with Crippen LogP contribution in [0.3, 0.4) is 0 Å². The summed E-state index contributed by atoms with van der Waals surface area (Å²) >= 11 is 6.12. The second-order valence-corrected chi connectivity index (χ2v) is 5.97. The second kappa shape index (κ2) is 7.37. The maximum absolute atomic E-state index is 6.12. The van der Waals surface area contributed by atoms with Gasteiger partial charge < -0.3 is 10.6 Å². The molecular formula is C18H23ClN2. The van der Waals surface area contributed by atoms with Gasteiger partial charge in [0, 0.05) is 29.5 Å². The SMILES string of the molecule is Cc1ccc(NCCNc2ccccc2C(C)C)cc1Cl. The predicted molar refractivity (Wildman–Crippen MR) is 93.7 cm³/mol. The Kier molecular flexibility index (Phi) is 5.51. The molecule has 0 saturated heterocycles. The minimum atomic E-state index is 0.526. The summed E-state index contributed by atoms with van der Waals surface area (Å²) in [5.41, 5.74) is 4.74. The van der Waals surface area contributed by atoms with Crippen molar-refractivity contribution in [1.82, 2.24) is 0 Å². The molecule has 0 amide bonds. The molecule has 0 bridgehead atoms. The van der Waals surface area contributed by atoms with Gasteiger partial charge in [-0.3, -0.25) is 0 Å². The van der Waals surface area contributed by atoms with Gasteiger partial charge in [0.25, 0.3) is 0 Å². The first-order valence-electron chi connectivity index (χ1n) is 7.40. The van der Waals surface area contributed by atoms with E-state index in [2.05, 4.69) is 54.8 Å². The average molecular weight is 303 g/mol. The van der Waals surface area contributed by atoms with Crippen molar-refractivity contribution in [2.75, 3.05) is 23.7 Å². The van der Waals surface area contributed by atoms with Crippen LogP contribution in [-0.4, -0.2) is 13.1 Å². The second-order valence-electron chi connectivity index (χ2n) is 5.56. The summed E-state index contributed by atoms with van der Waals surface area (Å²) in [6.07, 6.45) is 0. The number of halogens is 1. The van der Waals surface area contributed by atoms with Gasteiger partial charge in [-0.05, 0) is 42.2 Å². The molecule has 0 atom stereocenters. The van der Waals surface area contributed by atoms with Crippen LogP contribution in [0.2, 0.25) is 5.02 Å². The number of para-hydroxylation sites is 1. The predicted octanol–water partition coefficient (Wildman–Crippen LogP) is 5.30. The van der Waals surface area contributed by atoms with Crippen molar-refractivity contribution < 1.29 is 0 Å². The smallest absolute Gasteiger partial charge is 0.0455 e. The van der Waals surface area contributed by atoms with Crippen molar-refractivity contribution in [2.45, 2.75) is 26.7 Å². The molecule has 2 nitrogen and oxygen atoms in total.